The number of non-ortho nitro benzene ring substituents is 1. The molecule has 2 amide bonds. The Bertz CT molecular complexity index is 3230. The van der Waals surface area contributed by atoms with Crippen LogP contribution in [0.4, 0.5) is 10.5 Å². The number of thioether (sulfide) groups is 1. The minimum absolute atomic E-state index is 0.00797. The van der Waals surface area contributed by atoms with Gasteiger partial charge in [-0.2, -0.15) is 0 Å². The summed E-state index contributed by atoms with van der Waals surface area (Å²) in [5.74, 6) is -3.12. The monoisotopic (exact) mass is 1070 g/mol. The van der Waals surface area contributed by atoms with Crippen LogP contribution in [0.15, 0.2) is 237 Å². The molecule has 2 aliphatic heterocycles. The van der Waals surface area contributed by atoms with E-state index in [0.29, 0.717) is 18.4 Å². The van der Waals surface area contributed by atoms with Crippen molar-refractivity contribution in [2.75, 3.05) is 6.54 Å². The maximum absolute atomic E-state index is 16.6. The van der Waals surface area contributed by atoms with Crippen molar-refractivity contribution >= 4 is 69.6 Å². The summed E-state index contributed by atoms with van der Waals surface area (Å²) in [5.41, 5.74) is 3.85. The van der Waals surface area contributed by atoms with Gasteiger partial charge >= 0.3 is 18.0 Å². The Kier molecular flexibility index (Phi) is 16.1. The van der Waals surface area contributed by atoms with E-state index in [0.717, 1.165) is 38.2 Å². The minimum Gasteiger partial charge on any atom is -0.459 e. The van der Waals surface area contributed by atoms with Gasteiger partial charge in [-0.15, -0.1) is 11.8 Å². The highest BCUT2D eigenvalue weighted by molar-refractivity contribution is 8.01. The first-order valence-electron chi connectivity index (χ1n) is 25.8. The molecule has 0 aromatic heterocycles. The maximum Gasteiger partial charge on any atom is 0.410 e. The molecule has 0 N–H and O–H groups in total. The molecule has 8 aromatic carbocycles. The summed E-state index contributed by atoms with van der Waals surface area (Å²) in [7, 11) is 0. The highest BCUT2D eigenvalue weighted by Gasteiger charge is 2.62. The average molecular weight is 1070 g/mol. The van der Waals surface area contributed by atoms with Crippen LogP contribution in [0, 0.1) is 16.0 Å². The van der Waals surface area contributed by atoms with E-state index in [1.807, 2.05) is 176 Å². The number of carbonyl (C=O) groups is 4. The smallest absolute Gasteiger partial charge is 0.410 e. The third-order valence-electron chi connectivity index (χ3n) is 14.4. The number of nitrogens with zero attached hydrogens (tertiary/aromatic N) is 3. The van der Waals surface area contributed by atoms with Crippen molar-refractivity contribution in [3.05, 3.63) is 275 Å². The fourth-order valence-electron chi connectivity index (χ4n) is 10.9. The van der Waals surface area contributed by atoms with Gasteiger partial charge in [-0.05, 0) is 68.7 Å². The van der Waals surface area contributed by atoms with Gasteiger partial charge in [0.1, 0.15) is 30.7 Å². The number of carbonyl (C=O) groups excluding carboxylic acids is 4. The number of hydrogen-bond acceptors (Lipinski definition) is 10. The van der Waals surface area contributed by atoms with Gasteiger partial charge in [0, 0.05) is 32.5 Å². The summed E-state index contributed by atoms with van der Waals surface area (Å²) in [6, 6.07) is 73.4. The van der Waals surface area contributed by atoms with Crippen LogP contribution in [-0.2, 0) is 46.6 Å². The molecule has 2 fully saturated rings. The van der Waals surface area contributed by atoms with E-state index >= 15 is 9.59 Å². The number of esters is 2. The third kappa shape index (κ3) is 10.5. The van der Waals surface area contributed by atoms with Crippen LogP contribution >= 0.6 is 18.6 Å². The molecule has 8 aromatic rings. The second-order valence-corrected chi connectivity index (χ2v) is 23.7. The topological polar surface area (TPSA) is 146 Å². The van der Waals surface area contributed by atoms with Crippen molar-refractivity contribution in [1.82, 2.24) is 9.80 Å². The van der Waals surface area contributed by atoms with Gasteiger partial charge in [0.25, 0.3) is 5.69 Å². The number of hydrogen-bond donors (Lipinski definition) is 0. The van der Waals surface area contributed by atoms with Crippen LogP contribution in [0.5, 0.6) is 0 Å². The number of benzene rings is 8. The Morgan fingerprint density at radius 2 is 1.04 bits per heavy atom. The molecule has 12 nitrogen and oxygen atoms in total. The van der Waals surface area contributed by atoms with Gasteiger partial charge in [0.2, 0.25) is 5.91 Å². The number of nitro benzene ring substituents is 1. The van der Waals surface area contributed by atoms with Crippen molar-refractivity contribution in [3.63, 3.8) is 0 Å². The lowest BCUT2D eigenvalue weighted by Crippen LogP contribution is -2.70. The van der Waals surface area contributed by atoms with E-state index in [1.54, 1.807) is 21.9 Å². The zero-order valence-corrected chi connectivity index (χ0v) is 44.4. The minimum atomic E-state index is -3.56. The SMILES string of the molecule is CC(=O)OC(C1C(=O)N(C(C(=O)OCc2ccc([N+](=O)[O-])cc2)=P(c2ccccc2)(c2ccccc2)c2ccccc2)C1SC(c1ccccc1)(c1ccccc1)c1ccccc1)C1CCCN1C(=O)OCc1ccccc1. The van der Waals surface area contributed by atoms with Gasteiger partial charge in [-0.1, -0.05) is 212 Å². The Balaban J connectivity index is 1.25. The lowest BCUT2D eigenvalue weighted by molar-refractivity contribution is -0.384. The Labute approximate surface area is 457 Å². The van der Waals surface area contributed by atoms with E-state index < -0.39 is 63.9 Å². The van der Waals surface area contributed by atoms with Gasteiger partial charge in [0.15, 0.2) is 0 Å². The summed E-state index contributed by atoms with van der Waals surface area (Å²) in [5, 5.41) is 12.9. The fourth-order valence-corrected chi connectivity index (χ4v) is 17.2. The zero-order valence-electron chi connectivity index (χ0n) is 42.7. The number of nitro groups is 1. The van der Waals surface area contributed by atoms with E-state index in [2.05, 4.69) is 36.4 Å². The van der Waals surface area contributed by atoms with Crippen molar-refractivity contribution in [2.24, 2.45) is 5.92 Å². The number of β-lactam (4-membered cyclic amide) rings is 1. The van der Waals surface area contributed by atoms with E-state index in [4.69, 9.17) is 14.2 Å². The van der Waals surface area contributed by atoms with Crippen molar-refractivity contribution in [2.45, 2.75) is 55.2 Å². The summed E-state index contributed by atoms with van der Waals surface area (Å²) in [4.78, 5) is 75.4. The third-order valence-corrected chi connectivity index (χ3v) is 20.4. The predicted molar refractivity (Wildman–Crippen MR) is 306 cm³/mol. The van der Waals surface area contributed by atoms with Crippen molar-refractivity contribution in [3.8, 4) is 0 Å². The molecule has 0 bridgehead atoms. The largest absolute Gasteiger partial charge is 0.459 e. The molecular formula is C64H56N3O9PS. The number of rotatable bonds is 18. The maximum atomic E-state index is 16.6. The molecule has 0 saturated carbocycles. The molecule has 14 heteroatoms. The number of likely N-dealkylation sites (tertiary alicyclic amines) is 2. The van der Waals surface area contributed by atoms with Gasteiger partial charge in [0.05, 0.1) is 21.1 Å². The van der Waals surface area contributed by atoms with Gasteiger partial charge in [-0.3, -0.25) is 24.6 Å². The average Bonchev–Trinajstić information content (AvgIpc) is 4.09. The van der Waals surface area contributed by atoms with Crippen LogP contribution in [0.25, 0.3) is 0 Å². The van der Waals surface area contributed by atoms with Crippen LogP contribution in [0.3, 0.4) is 0 Å². The van der Waals surface area contributed by atoms with Crippen molar-refractivity contribution in [1.29, 1.82) is 0 Å². The fraction of sp³-hybridized carbons (Fsp3) is 0.172. The summed E-state index contributed by atoms with van der Waals surface area (Å²) in [6.07, 6.45) is -0.887. The lowest BCUT2D eigenvalue weighted by atomic mass is 9.84. The standard InChI is InChI=1S/C64H56N3O9PS/c1-46(68)76-58(56-38-23-43-65(56)63(71)75-45-47-24-9-2-10-25-47)57-59(69)66(61(57)78-64(49-26-11-3-12-27-49,50-28-13-4-14-29-50)51-30-15-5-16-31-51)60(62(70)74-44-48-39-41-52(42-40-48)67(72)73)77(53-32-17-6-18-33-53,54-34-19-7-20-35-54)55-36-21-8-22-37-55/h2-22,24-37,39-42,56-58,61H,23,38,43-45H2,1H3. The molecule has 0 radical (unpaired) electrons. The molecule has 78 heavy (non-hydrogen) atoms. The second kappa shape index (κ2) is 23.8. The summed E-state index contributed by atoms with van der Waals surface area (Å²) in [6.45, 7) is -2.25. The molecule has 2 heterocycles. The predicted octanol–water partition coefficient (Wildman–Crippen LogP) is 11.0. The van der Waals surface area contributed by atoms with E-state index in [1.165, 1.54) is 30.8 Å². The first-order chi connectivity index (χ1) is 38.1. The van der Waals surface area contributed by atoms with Gasteiger partial charge < -0.3 is 19.1 Å². The van der Waals surface area contributed by atoms with E-state index in [9.17, 15) is 19.7 Å². The molecule has 10 rings (SSSR count). The zero-order chi connectivity index (χ0) is 54.1. The quantitative estimate of drug-likeness (QED) is 0.0155. The molecule has 4 unspecified atom stereocenters. The van der Waals surface area contributed by atoms with Crippen LogP contribution < -0.4 is 15.9 Å². The highest BCUT2D eigenvalue weighted by Crippen LogP contribution is 2.58. The van der Waals surface area contributed by atoms with Crippen LogP contribution in [0.2, 0.25) is 0 Å². The molecule has 392 valence electrons. The summed E-state index contributed by atoms with van der Waals surface area (Å²) < 4.78 is 17.8. The van der Waals surface area contributed by atoms with Crippen molar-refractivity contribution < 1.29 is 38.3 Å². The first kappa shape index (κ1) is 52.9. The van der Waals surface area contributed by atoms with E-state index in [-0.39, 0.29) is 30.9 Å². The Morgan fingerprint density at radius 3 is 1.49 bits per heavy atom. The highest BCUT2D eigenvalue weighted by atomic mass is 32.2. The molecule has 2 aliphatic rings. The number of ether oxygens (including phenoxy) is 3. The second-order valence-electron chi connectivity index (χ2n) is 19.0. The van der Waals surface area contributed by atoms with Gasteiger partial charge in [-0.25, -0.2) is 9.59 Å². The summed E-state index contributed by atoms with van der Waals surface area (Å²) >= 11 is 1.46. The molecule has 2 saturated heterocycles. The number of amides is 2. The Morgan fingerprint density at radius 1 is 0.615 bits per heavy atom. The lowest BCUT2D eigenvalue weighted by Gasteiger charge is -2.54. The molecule has 0 aliphatic carbocycles. The normalized spacial score (nSPS) is 16.6. The molecule has 4 atom stereocenters. The van der Waals surface area contributed by atoms with Crippen LogP contribution in [-0.4, -0.2) is 68.1 Å². The van der Waals surface area contributed by atoms with Crippen LogP contribution in [0.1, 0.15) is 47.6 Å². The molecular weight excluding hydrogens is 1020 g/mol. The first-order valence-corrected chi connectivity index (χ1v) is 28.4. The Hall–Kier alpha value is -8.51. The molecule has 0 spiro atoms.